The average molecular weight is 476 g/mol. The molecule has 1 aromatic rings. The predicted molar refractivity (Wildman–Crippen MR) is 113 cm³/mol. The SMILES string of the molecule is CN(C)[C@@H]1C(=O)C(C(N)=O)=C(O)[C@@]2(O)C(=O)C3=C(O)c4c(O)cccc4C(O)(CO)[C@H]3[C@H](O)[C@@H]12. The zero-order chi connectivity index (χ0) is 25.5. The van der Waals surface area contributed by atoms with Crippen LogP contribution in [0.4, 0.5) is 0 Å². The number of ketones is 2. The highest BCUT2D eigenvalue weighted by Gasteiger charge is 2.70. The van der Waals surface area contributed by atoms with Crippen LogP contribution in [-0.2, 0) is 20.0 Å². The van der Waals surface area contributed by atoms with Gasteiger partial charge in [0.2, 0.25) is 5.78 Å². The predicted octanol–water partition coefficient (Wildman–Crippen LogP) is -2.43. The van der Waals surface area contributed by atoms with E-state index in [4.69, 9.17) is 5.73 Å². The molecule has 34 heavy (non-hydrogen) atoms. The number of aliphatic hydroxyl groups excluding tert-OH is 4. The number of aromatic hydroxyl groups is 1. The van der Waals surface area contributed by atoms with Crippen LogP contribution in [0, 0.1) is 11.8 Å². The Balaban J connectivity index is 2.12. The molecule has 6 atom stereocenters. The van der Waals surface area contributed by atoms with Gasteiger partial charge in [-0.1, -0.05) is 12.1 Å². The third-order valence-corrected chi connectivity index (χ3v) is 7.11. The van der Waals surface area contributed by atoms with Gasteiger partial charge in [-0.25, -0.2) is 0 Å². The van der Waals surface area contributed by atoms with Crippen molar-refractivity contribution in [1.82, 2.24) is 4.90 Å². The quantitative estimate of drug-likeness (QED) is 0.214. The molecular formula is C22H24N2O10. The van der Waals surface area contributed by atoms with Crippen LogP contribution >= 0.6 is 0 Å². The summed E-state index contributed by atoms with van der Waals surface area (Å²) >= 11 is 0. The van der Waals surface area contributed by atoms with Crippen molar-refractivity contribution in [2.24, 2.45) is 17.6 Å². The van der Waals surface area contributed by atoms with E-state index >= 15 is 0 Å². The highest BCUT2D eigenvalue weighted by Crippen LogP contribution is 2.57. The molecule has 0 aromatic heterocycles. The lowest BCUT2D eigenvalue weighted by molar-refractivity contribution is -0.187. The molecule has 1 saturated carbocycles. The zero-order valence-electron chi connectivity index (χ0n) is 18.1. The van der Waals surface area contributed by atoms with Crippen molar-refractivity contribution in [2.75, 3.05) is 20.7 Å². The number of carbonyl (C=O) groups is 3. The molecule has 0 aliphatic heterocycles. The molecule has 182 valence electrons. The Hall–Kier alpha value is -3.29. The van der Waals surface area contributed by atoms with Crippen molar-refractivity contribution >= 4 is 23.2 Å². The van der Waals surface area contributed by atoms with Gasteiger partial charge in [-0.3, -0.25) is 19.3 Å². The Kier molecular flexibility index (Phi) is 5.16. The first-order valence-electron chi connectivity index (χ1n) is 10.2. The summed E-state index contributed by atoms with van der Waals surface area (Å²) in [4.78, 5) is 39.9. The molecule has 3 aliphatic carbocycles. The van der Waals surface area contributed by atoms with E-state index in [0.717, 1.165) is 6.07 Å². The van der Waals surface area contributed by atoms with Crippen LogP contribution in [0.2, 0.25) is 0 Å². The summed E-state index contributed by atoms with van der Waals surface area (Å²) in [5.41, 5.74) is -2.82. The van der Waals surface area contributed by atoms with Crippen LogP contribution in [-0.4, -0.2) is 96.6 Å². The number of primary amides is 1. The van der Waals surface area contributed by atoms with Crippen LogP contribution in [0.3, 0.4) is 0 Å². The molecule has 0 spiro atoms. The van der Waals surface area contributed by atoms with Gasteiger partial charge >= 0.3 is 0 Å². The minimum atomic E-state index is -3.11. The second-order valence-corrected chi connectivity index (χ2v) is 8.99. The fraction of sp³-hybridized carbons (Fsp3) is 0.409. The molecule has 0 radical (unpaired) electrons. The third kappa shape index (κ3) is 2.62. The highest BCUT2D eigenvalue weighted by molar-refractivity contribution is 6.24. The van der Waals surface area contributed by atoms with Gasteiger partial charge in [0.25, 0.3) is 5.91 Å². The number of fused-ring (bicyclic) bond motifs is 3. The van der Waals surface area contributed by atoms with E-state index in [1.54, 1.807) is 0 Å². The summed E-state index contributed by atoms with van der Waals surface area (Å²) in [6.45, 7) is -1.09. The fourth-order valence-electron chi connectivity index (χ4n) is 5.63. The number of rotatable bonds is 3. The fourth-order valence-corrected chi connectivity index (χ4v) is 5.63. The number of carbonyl (C=O) groups excluding carboxylic acids is 3. The molecule has 3 aliphatic rings. The number of hydrogen-bond donors (Lipinski definition) is 8. The van der Waals surface area contributed by atoms with Gasteiger partial charge in [0.15, 0.2) is 11.4 Å². The molecule has 0 saturated heterocycles. The van der Waals surface area contributed by atoms with Crippen molar-refractivity contribution in [3.63, 3.8) is 0 Å². The topological polar surface area (TPSA) is 222 Å². The van der Waals surface area contributed by atoms with Gasteiger partial charge in [0.05, 0.1) is 41.7 Å². The summed E-state index contributed by atoms with van der Waals surface area (Å²) in [5, 5.41) is 76.6. The molecule has 1 fully saturated rings. The van der Waals surface area contributed by atoms with Crippen LogP contribution < -0.4 is 5.73 Å². The van der Waals surface area contributed by atoms with Gasteiger partial charge in [-0.05, 0) is 20.2 Å². The number of aliphatic hydroxyl groups is 6. The first-order chi connectivity index (χ1) is 15.8. The standard InChI is InChI=1S/C22H24N2O10/c1-24(2)14-13-17(29)12-10(18(30)22(13,34)19(31)11(16(14)28)20(23)32)15(27)9-7(21(12,33)6-25)4-3-5-8(9)26/h3-5,12-14,17,25-27,29,31,33-34H,6H2,1-2H3,(H2,23,32)/t12-,13-,14+,17+,21?,22+/m1/s1. The molecule has 1 amide bonds. The van der Waals surface area contributed by atoms with Gasteiger partial charge in [-0.15, -0.1) is 0 Å². The van der Waals surface area contributed by atoms with Gasteiger partial charge in [-0.2, -0.15) is 0 Å². The lowest BCUT2D eigenvalue weighted by atomic mass is 9.53. The zero-order valence-corrected chi connectivity index (χ0v) is 18.1. The largest absolute Gasteiger partial charge is 0.508 e. The molecule has 1 unspecified atom stereocenters. The van der Waals surface area contributed by atoms with Crippen LogP contribution in [0.1, 0.15) is 11.1 Å². The Morgan fingerprint density at radius 3 is 2.29 bits per heavy atom. The van der Waals surface area contributed by atoms with E-state index in [1.807, 2.05) is 0 Å². The van der Waals surface area contributed by atoms with E-state index in [2.05, 4.69) is 0 Å². The summed E-state index contributed by atoms with van der Waals surface area (Å²) in [6.07, 6.45) is -2.03. The summed E-state index contributed by atoms with van der Waals surface area (Å²) in [6, 6.07) is 2.13. The van der Waals surface area contributed by atoms with Gasteiger partial charge in [0.1, 0.15) is 28.4 Å². The number of Topliss-reactive ketones (excluding diaryl/α,β-unsaturated/α-hetero) is 2. The smallest absolute Gasteiger partial charge is 0.255 e. The number of nitrogens with zero attached hydrogens (tertiary/aromatic N) is 1. The molecule has 4 rings (SSSR count). The number of phenolic OH excluding ortho intramolecular Hbond substituents is 1. The minimum absolute atomic E-state index is 0.209. The van der Waals surface area contributed by atoms with Crippen molar-refractivity contribution in [1.29, 1.82) is 0 Å². The van der Waals surface area contributed by atoms with Crippen LogP contribution in [0.5, 0.6) is 5.75 Å². The third-order valence-electron chi connectivity index (χ3n) is 7.11. The Labute approximate surface area is 192 Å². The Bertz CT molecular complexity index is 1200. The molecule has 12 heteroatoms. The Morgan fingerprint density at radius 2 is 1.76 bits per heavy atom. The van der Waals surface area contributed by atoms with Gasteiger partial charge < -0.3 is 41.5 Å². The van der Waals surface area contributed by atoms with E-state index in [1.165, 1.54) is 31.1 Å². The number of phenols is 1. The lowest BCUT2D eigenvalue weighted by Gasteiger charge is -2.55. The summed E-state index contributed by atoms with van der Waals surface area (Å²) in [5.74, 6) is -10.5. The molecule has 0 bridgehead atoms. The number of likely N-dealkylation sites (N-methyl/N-ethyl adjacent to an activating group) is 1. The van der Waals surface area contributed by atoms with Crippen molar-refractivity contribution in [2.45, 2.75) is 23.3 Å². The molecular weight excluding hydrogens is 452 g/mol. The average Bonchev–Trinajstić information content (AvgIpc) is 2.76. The number of benzene rings is 1. The maximum atomic E-state index is 13.7. The lowest BCUT2D eigenvalue weighted by Crippen LogP contribution is -2.72. The molecule has 9 N–H and O–H groups in total. The van der Waals surface area contributed by atoms with Crippen molar-refractivity contribution in [3.05, 3.63) is 46.2 Å². The molecule has 0 heterocycles. The van der Waals surface area contributed by atoms with Gasteiger partial charge in [0, 0.05) is 5.56 Å². The summed E-state index contributed by atoms with van der Waals surface area (Å²) in [7, 11) is 2.72. The van der Waals surface area contributed by atoms with Crippen LogP contribution in [0.25, 0.3) is 5.76 Å². The second kappa shape index (κ2) is 7.35. The first kappa shape index (κ1) is 23.9. The van der Waals surface area contributed by atoms with Crippen molar-refractivity contribution in [3.8, 4) is 5.75 Å². The summed E-state index contributed by atoms with van der Waals surface area (Å²) < 4.78 is 0. The molecule has 1 aromatic carbocycles. The van der Waals surface area contributed by atoms with E-state index in [-0.39, 0.29) is 5.56 Å². The second-order valence-electron chi connectivity index (χ2n) is 8.99. The van der Waals surface area contributed by atoms with Crippen molar-refractivity contribution < 1.29 is 50.1 Å². The molecule has 12 nitrogen and oxygen atoms in total. The van der Waals surface area contributed by atoms with E-state index < -0.39 is 93.2 Å². The highest BCUT2D eigenvalue weighted by atomic mass is 16.4. The minimum Gasteiger partial charge on any atom is -0.508 e. The normalized spacial score (nSPS) is 35.3. The van der Waals surface area contributed by atoms with E-state index in [9.17, 15) is 50.1 Å². The monoisotopic (exact) mass is 476 g/mol. The maximum absolute atomic E-state index is 13.7. The first-order valence-corrected chi connectivity index (χ1v) is 10.2. The van der Waals surface area contributed by atoms with E-state index in [0.29, 0.717) is 0 Å². The number of nitrogens with two attached hydrogens (primary N) is 1. The van der Waals surface area contributed by atoms with Crippen LogP contribution in [0.15, 0.2) is 35.1 Å². The number of hydrogen-bond acceptors (Lipinski definition) is 11. The Morgan fingerprint density at radius 1 is 1.15 bits per heavy atom. The number of amides is 1. The maximum Gasteiger partial charge on any atom is 0.255 e.